The van der Waals surface area contributed by atoms with E-state index in [1.54, 1.807) is 13.3 Å². The van der Waals surface area contributed by atoms with Gasteiger partial charge in [0.05, 0.1) is 20.1 Å². The Balaban J connectivity index is 1.98. The van der Waals surface area contributed by atoms with Crippen molar-refractivity contribution in [3.05, 3.63) is 18.3 Å². The fraction of sp³-hybridized carbons (Fsp3) is 0.538. The first-order chi connectivity index (χ1) is 8.74. The highest BCUT2D eigenvalue weighted by Gasteiger charge is 2.25. The molecule has 5 heteroatoms. The molecule has 0 atom stereocenters. The van der Waals surface area contributed by atoms with E-state index in [0.29, 0.717) is 5.88 Å². The Morgan fingerprint density at radius 1 is 1.39 bits per heavy atom. The van der Waals surface area contributed by atoms with Gasteiger partial charge in [0.1, 0.15) is 0 Å². The largest absolute Gasteiger partial charge is 0.481 e. The molecular formula is C13H18N2O3. The zero-order valence-corrected chi connectivity index (χ0v) is 10.8. The van der Waals surface area contributed by atoms with E-state index < -0.39 is 0 Å². The maximum atomic E-state index is 11.4. The summed E-state index contributed by atoms with van der Waals surface area (Å²) in [5, 5.41) is 0. The highest BCUT2D eigenvalue weighted by atomic mass is 16.5. The number of esters is 1. The van der Waals surface area contributed by atoms with Crippen LogP contribution >= 0.6 is 0 Å². The second-order valence-corrected chi connectivity index (χ2v) is 4.34. The van der Waals surface area contributed by atoms with E-state index in [-0.39, 0.29) is 11.9 Å². The molecule has 1 aromatic rings. The smallest absolute Gasteiger partial charge is 0.308 e. The number of carbonyl (C=O) groups excluding carboxylic acids is 1. The number of nitrogens with zero attached hydrogens (tertiary/aromatic N) is 2. The van der Waals surface area contributed by atoms with Gasteiger partial charge in [0.25, 0.3) is 0 Å². The van der Waals surface area contributed by atoms with Crippen molar-refractivity contribution in [2.75, 3.05) is 32.2 Å². The predicted octanol–water partition coefficient (Wildman–Crippen LogP) is 1.48. The van der Waals surface area contributed by atoms with Gasteiger partial charge >= 0.3 is 5.97 Å². The molecule has 1 aliphatic heterocycles. The summed E-state index contributed by atoms with van der Waals surface area (Å²) >= 11 is 0. The zero-order valence-electron chi connectivity index (χ0n) is 10.8. The van der Waals surface area contributed by atoms with Crippen molar-refractivity contribution < 1.29 is 14.3 Å². The number of hydrogen-bond acceptors (Lipinski definition) is 5. The number of hydrogen-bond donors (Lipinski definition) is 0. The molecule has 1 saturated heterocycles. The fourth-order valence-corrected chi connectivity index (χ4v) is 2.25. The van der Waals surface area contributed by atoms with Crippen molar-refractivity contribution in [3.63, 3.8) is 0 Å². The Kier molecular flexibility index (Phi) is 4.02. The Bertz CT molecular complexity index is 414. The van der Waals surface area contributed by atoms with Gasteiger partial charge in [-0.05, 0) is 18.9 Å². The minimum absolute atomic E-state index is 0.0370. The molecule has 0 aliphatic carbocycles. The van der Waals surface area contributed by atoms with Gasteiger partial charge in [-0.3, -0.25) is 4.79 Å². The third-order valence-electron chi connectivity index (χ3n) is 3.32. The van der Waals surface area contributed by atoms with Crippen LogP contribution in [0, 0.1) is 5.92 Å². The molecule has 2 rings (SSSR count). The molecule has 0 bridgehead atoms. The summed E-state index contributed by atoms with van der Waals surface area (Å²) in [6.07, 6.45) is 3.40. The Morgan fingerprint density at radius 3 is 2.72 bits per heavy atom. The quantitative estimate of drug-likeness (QED) is 0.760. The van der Waals surface area contributed by atoms with E-state index in [1.165, 1.54) is 7.11 Å². The van der Waals surface area contributed by atoms with Crippen LogP contribution in [-0.4, -0.2) is 38.3 Å². The van der Waals surface area contributed by atoms with Crippen LogP contribution in [0.2, 0.25) is 0 Å². The van der Waals surface area contributed by atoms with Crippen LogP contribution in [0.15, 0.2) is 18.3 Å². The molecule has 0 aromatic carbocycles. The van der Waals surface area contributed by atoms with Gasteiger partial charge in [-0.15, -0.1) is 0 Å². The lowest BCUT2D eigenvalue weighted by Gasteiger charge is -2.32. The van der Waals surface area contributed by atoms with E-state index >= 15 is 0 Å². The van der Waals surface area contributed by atoms with Crippen LogP contribution in [0.1, 0.15) is 12.8 Å². The monoisotopic (exact) mass is 250 g/mol. The number of carbonyl (C=O) groups is 1. The van der Waals surface area contributed by atoms with E-state index in [0.717, 1.165) is 31.6 Å². The van der Waals surface area contributed by atoms with Gasteiger partial charge in [0.2, 0.25) is 5.88 Å². The number of anilines is 1. The summed E-state index contributed by atoms with van der Waals surface area (Å²) in [5.41, 5.74) is 1.09. The molecule has 0 amide bonds. The molecule has 1 fully saturated rings. The van der Waals surface area contributed by atoms with Crippen LogP contribution in [0.5, 0.6) is 5.88 Å². The molecule has 5 nitrogen and oxygen atoms in total. The van der Waals surface area contributed by atoms with Gasteiger partial charge < -0.3 is 14.4 Å². The second-order valence-electron chi connectivity index (χ2n) is 4.34. The number of aromatic nitrogens is 1. The highest BCUT2D eigenvalue weighted by Crippen LogP contribution is 2.25. The van der Waals surface area contributed by atoms with Crippen molar-refractivity contribution in [1.29, 1.82) is 0 Å². The Morgan fingerprint density at radius 2 is 2.11 bits per heavy atom. The maximum absolute atomic E-state index is 11.4. The average molecular weight is 250 g/mol. The topological polar surface area (TPSA) is 51.7 Å². The van der Waals surface area contributed by atoms with Crippen molar-refractivity contribution in [2.24, 2.45) is 5.92 Å². The molecule has 98 valence electrons. The number of pyridine rings is 1. The first-order valence-corrected chi connectivity index (χ1v) is 6.07. The lowest BCUT2D eigenvalue weighted by atomic mass is 9.97. The summed E-state index contributed by atoms with van der Waals surface area (Å²) in [4.78, 5) is 17.8. The molecule has 2 heterocycles. The van der Waals surface area contributed by atoms with Gasteiger partial charge in [-0.2, -0.15) is 0 Å². The number of rotatable bonds is 3. The fourth-order valence-electron chi connectivity index (χ4n) is 2.25. The summed E-state index contributed by atoms with van der Waals surface area (Å²) in [5.74, 6) is 0.555. The van der Waals surface area contributed by atoms with Crippen molar-refractivity contribution >= 4 is 11.7 Å². The first kappa shape index (κ1) is 12.7. The summed E-state index contributed by atoms with van der Waals surface area (Å²) in [7, 11) is 3.05. The summed E-state index contributed by atoms with van der Waals surface area (Å²) < 4.78 is 9.89. The number of piperidine rings is 1. The molecule has 1 aromatic heterocycles. The molecule has 18 heavy (non-hydrogen) atoms. The van der Waals surface area contributed by atoms with Gasteiger partial charge in [0, 0.05) is 31.0 Å². The predicted molar refractivity (Wildman–Crippen MR) is 67.7 cm³/mol. The van der Waals surface area contributed by atoms with Crippen LogP contribution < -0.4 is 9.64 Å². The molecule has 0 saturated carbocycles. The average Bonchev–Trinajstić information content (AvgIpc) is 2.46. The molecule has 0 unspecified atom stereocenters. The van der Waals surface area contributed by atoms with E-state index in [2.05, 4.69) is 9.88 Å². The van der Waals surface area contributed by atoms with Crippen molar-refractivity contribution in [2.45, 2.75) is 12.8 Å². The highest BCUT2D eigenvalue weighted by molar-refractivity contribution is 5.72. The molecule has 0 radical (unpaired) electrons. The normalized spacial score (nSPS) is 16.4. The van der Waals surface area contributed by atoms with Crippen LogP contribution in [0.4, 0.5) is 5.69 Å². The first-order valence-electron chi connectivity index (χ1n) is 6.07. The van der Waals surface area contributed by atoms with Gasteiger partial charge in [0.15, 0.2) is 0 Å². The number of ether oxygens (including phenoxy) is 2. The van der Waals surface area contributed by atoms with E-state index in [4.69, 9.17) is 9.47 Å². The minimum atomic E-state index is -0.0954. The van der Waals surface area contributed by atoms with Gasteiger partial charge in [-0.1, -0.05) is 0 Å². The lowest BCUT2D eigenvalue weighted by molar-refractivity contribution is -0.146. The second kappa shape index (κ2) is 5.71. The van der Waals surface area contributed by atoms with Crippen LogP contribution in [-0.2, 0) is 9.53 Å². The molecule has 0 spiro atoms. The van der Waals surface area contributed by atoms with Crippen molar-refractivity contribution in [1.82, 2.24) is 4.98 Å². The number of methoxy groups -OCH3 is 2. The lowest BCUT2D eigenvalue weighted by Crippen LogP contribution is -2.36. The maximum Gasteiger partial charge on any atom is 0.308 e. The molecule has 1 aliphatic rings. The summed E-state index contributed by atoms with van der Waals surface area (Å²) in [6.45, 7) is 1.71. The molecule has 0 N–H and O–H groups in total. The zero-order chi connectivity index (χ0) is 13.0. The van der Waals surface area contributed by atoms with Gasteiger partial charge in [-0.25, -0.2) is 4.98 Å². The third kappa shape index (κ3) is 2.72. The summed E-state index contributed by atoms with van der Waals surface area (Å²) in [6, 6.07) is 3.87. The SMILES string of the molecule is COC(=O)C1CCN(c2ccnc(OC)c2)CC1. The third-order valence-corrected chi connectivity index (χ3v) is 3.32. The van der Waals surface area contributed by atoms with Crippen molar-refractivity contribution in [3.8, 4) is 5.88 Å². The molecular weight excluding hydrogens is 232 g/mol. The Hall–Kier alpha value is -1.78. The standard InChI is InChI=1S/C13H18N2O3/c1-17-12-9-11(3-6-14-12)15-7-4-10(5-8-15)13(16)18-2/h3,6,9-10H,4-5,7-8H2,1-2H3. The van der Waals surface area contributed by atoms with Crippen LogP contribution in [0.3, 0.4) is 0 Å². The van der Waals surface area contributed by atoms with E-state index in [1.807, 2.05) is 12.1 Å². The Labute approximate surface area is 107 Å². The minimum Gasteiger partial charge on any atom is -0.481 e. The van der Waals surface area contributed by atoms with Crippen LogP contribution in [0.25, 0.3) is 0 Å². The van der Waals surface area contributed by atoms with E-state index in [9.17, 15) is 4.79 Å².